The van der Waals surface area contributed by atoms with Crippen molar-refractivity contribution in [2.45, 2.75) is 32.4 Å². The first-order chi connectivity index (χ1) is 8.86. The van der Waals surface area contributed by atoms with Gasteiger partial charge in [-0.25, -0.2) is 0 Å². The summed E-state index contributed by atoms with van der Waals surface area (Å²) in [6.45, 7) is 3.67. The van der Waals surface area contributed by atoms with E-state index >= 15 is 0 Å². The standard InChI is InChI=1S/C15H20F3N/c1-11-3-4-13(14(9-11)15(16,17)18)10-12-5-7-19(2)8-6-12/h3-4,9,12H,5-8,10H2,1-2H3. The van der Waals surface area contributed by atoms with E-state index in [4.69, 9.17) is 0 Å². The van der Waals surface area contributed by atoms with E-state index in [1.807, 2.05) is 0 Å². The van der Waals surface area contributed by atoms with Crippen LogP contribution in [-0.2, 0) is 12.6 Å². The van der Waals surface area contributed by atoms with Gasteiger partial charge in [-0.1, -0.05) is 17.7 Å². The maximum Gasteiger partial charge on any atom is 0.416 e. The summed E-state index contributed by atoms with van der Waals surface area (Å²) in [5.74, 6) is 0.375. The minimum absolute atomic E-state index is 0.375. The Bertz CT molecular complexity index is 432. The van der Waals surface area contributed by atoms with Crippen LogP contribution >= 0.6 is 0 Å². The molecule has 1 fully saturated rings. The number of halogens is 3. The Morgan fingerprint density at radius 1 is 1.21 bits per heavy atom. The summed E-state index contributed by atoms with van der Waals surface area (Å²) < 4.78 is 39.1. The molecule has 1 heterocycles. The minimum Gasteiger partial charge on any atom is -0.306 e. The highest BCUT2D eigenvalue weighted by Gasteiger charge is 2.34. The number of rotatable bonds is 2. The van der Waals surface area contributed by atoms with Gasteiger partial charge < -0.3 is 4.90 Å². The second-order valence-corrected chi connectivity index (χ2v) is 5.61. The largest absolute Gasteiger partial charge is 0.416 e. The average molecular weight is 271 g/mol. The Morgan fingerprint density at radius 2 is 1.84 bits per heavy atom. The lowest BCUT2D eigenvalue weighted by Gasteiger charge is -2.29. The molecular formula is C15H20F3N. The second-order valence-electron chi connectivity index (χ2n) is 5.61. The van der Waals surface area contributed by atoms with Crippen molar-refractivity contribution in [3.8, 4) is 0 Å². The van der Waals surface area contributed by atoms with Crippen molar-refractivity contribution in [1.29, 1.82) is 0 Å². The highest BCUT2D eigenvalue weighted by atomic mass is 19.4. The van der Waals surface area contributed by atoms with E-state index in [9.17, 15) is 13.2 Å². The van der Waals surface area contributed by atoms with Crippen LogP contribution in [0.15, 0.2) is 18.2 Å². The predicted octanol–water partition coefficient (Wildman–Crippen LogP) is 3.90. The molecule has 0 spiro atoms. The Kier molecular flexibility index (Phi) is 4.19. The van der Waals surface area contributed by atoms with Gasteiger partial charge in [-0.15, -0.1) is 0 Å². The monoisotopic (exact) mass is 271 g/mol. The SMILES string of the molecule is Cc1ccc(CC2CCN(C)CC2)c(C(F)(F)F)c1. The quantitative estimate of drug-likeness (QED) is 0.788. The summed E-state index contributed by atoms with van der Waals surface area (Å²) in [7, 11) is 2.06. The van der Waals surface area contributed by atoms with Crippen LogP contribution in [0.2, 0.25) is 0 Å². The van der Waals surface area contributed by atoms with Crippen LogP contribution < -0.4 is 0 Å². The summed E-state index contributed by atoms with van der Waals surface area (Å²) >= 11 is 0. The molecule has 0 saturated carbocycles. The van der Waals surface area contributed by atoms with E-state index in [-0.39, 0.29) is 0 Å². The molecule has 0 radical (unpaired) electrons. The lowest BCUT2D eigenvalue weighted by Crippen LogP contribution is -2.31. The van der Waals surface area contributed by atoms with Crippen molar-refractivity contribution in [2.24, 2.45) is 5.92 Å². The number of nitrogens with zero attached hydrogens (tertiary/aromatic N) is 1. The van der Waals surface area contributed by atoms with Crippen LogP contribution in [-0.4, -0.2) is 25.0 Å². The molecule has 0 N–H and O–H groups in total. The van der Waals surface area contributed by atoms with E-state index in [0.29, 0.717) is 23.5 Å². The molecule has 19 heavy (non-hydrogen) atoms. The van der Waals surface area contributed by atoms with E-state index in [1.54, 1.807) is 19.1 Å². The zero-order valence-electron chi connectivity index (χ0n) is 11.4. The average Bonchev–Trinajstić information content (AvgIpc) is 2.33. The van der Waals surface area contributed by atoms with Crippen molar-refractivity contribution in [2.75, 3.05) is 20.1 Å². The number of alkyl halides is 3. The van der Waals surface area contributed by atoms with Crippen LogP contribution in [0.5, 0.6) is 0 Å². The van der Waals surface area contributed by atoms with Gasteiger partial charge >= 0.3 is 6.18 Å². The molecule has 0 atom stereocenters. The minimum atomic E-state index is -4.24. The van der Waals surface area contributed by atoms with Gasteiger partial charge in [0, 0.05) is 0 Å². The Hall–Kier alpha value is -1.03. The molecule has 0 aliphatic carbocycles. The second kappa shape index (κ2) is 5.53. The normalized spacial score (nSPS) is 18.8. The van der Waals surface area contributed by atoms with E-state index in [2.05, 4.69) is 11.9 Å². The molecule has 1 nitrogen and oxygen atoms in total. The van der Waals surface area contributed by atoms with E-state index < -0.39 is 11.7 Å². The molecule has 1 aromatic rings. The summed E-state index contributed by atoms with van der Waals surface area (Å²) in [6, 6.07) is 4.69. The fourth-order valence-electron chi connectivity index (χ4n) is 2.71. The third-order valence-corrected chi connectivity index (χ3v) is 3.92. The molecule has 0 aromatic heterocycles. The topological polar surface area (TPSA) is 3.24 Å². The number of hydrogen-bond donors (Lipinski definition) is 0. The van der Waals surface area contributed by atoms with Crippen molar-refractivity contribution >= 4 is 0 Å². The number of likely N-dealkylation sites (tertiary alicyclic amines) is 1. The molecule has 1 aliphatic heterocycles. The highest BCUT2D eigenvalue weighted by molar-refractivity contribution is 5.34. The van der Waals surface area contributed by atoms with Gasteiger partial charge in [0.05, 0.1) is 5.56 Å². The van der Waals surface area contributed by atoms with Gasteiger partial charge in [-0.2, -0.15) is 13.2 Å². The third kappa shape index (κ3) is 3.72. The van der Waals surface area contributed by atoms with Crippen LogP contribution in [0.1, 0.15) is 29.5 Å². The first-order valence-corrected chi connectivity index (χ1v) is 6.71. The zero-order chi connectivity index (χ0) is 14.0. The molecule has 2 rings (SSSR count). The molecule has 4 heteroatoms. The molecule has 0 amide bonds. The molecule has 106 valence electrons. The van der Waals surface area contributed by atoms with Crippen molar-refractivity contribution in [1.82, 2.24) is 4.90 Å². The van der Waals surface area contributed by atoms with Gasteiger partial charge in [0.25, 0.3) is 0 Å². The molecule has 1 aliphatic rings. The first kappa shape index (κ1) is 14.4. The maximum atomic E-state index is 13.0. The summed E-state index contributed by atoms with van der Waals surface area (Å²) in [5, 5.41) is 0. The van der Waals surface area contributed by atoms with Crippen LogP contribution in [0.25, 0.3) is 0 Å². The molecule has 0 bridgehead atoms. The third-order valence-electron chi connectivity index (χ3n) is 3.92. The van der Waals surface area contributed by atoms with E-state index in [0.717, 1.165) is 25.9 Å². The molecule has 1 aromatic carbocycles. The summed E-state index contributed by atoms with van der Waals surface area (Å²) in [4.78, 5) is 2.23. The van der Waals surface area contributed by atoms with Crippen LogP contribution in [0.3, 0.4) is 0 Å². The zero-order valence-corrected chi connectivity index (χ0v) is 11.4. The molecule has 0 unspecified atom stereocenters. The van der Waals surface area contributed by atoms with Crippen molar-refractivity contribution in [3.63, 3.8) is 0 Å². The number of piperidine rings is 1. The number of hydrogen-bond acceptors (Lipinski definition) is 1. The van der Waals surface area contributed by atoms with Crippen molar-refractivity contribution < 1.29 is 13.2 Å². The Labute approximate surface area is 112 Å². The lowest BCUT2D eigenvalue weighted by molar-refractivity contribution is -0.138. The van der Waals surface area contributed by atoms with Gasteiger partial charge in [-0.3, -0.25) is 0 Å². The van der Waals surface area contributed by atoms with Gasteiger partial charge in [0.1, 0.15) is 0 Å². The van der Waals surface area contributed by atoms with Gasteiger partial charge in [0.2, 0.25) is 0 Å². The fourth-order valence-corrected chi connectivity index (χ4v) is 2.71. The predicted molar refractivity (Wildman–Crippen MR) is 70.1 cm³/mol. The molecular weight excluding hydrogens is 251 g/mol. The van der Waals surface area contributed by atoms with E-state index in [1.165, 1.54) is 6.07 Å². The summed E-state index contributed by atoms with van der Waals surface area (Å²) in [6.07, 6.45) is -1.72. The smallest absolute Gasteiger partial charge is 0.306 e. The summed E-state index contributed by atoms with van der Waals surface area (Å²) in [5.41, 5.74) is 0.665. The lowest BCUT2D eigenvalue weighted by atomic mass is 9.88. The number of benzene rings is 1. The highest BCUT2D eigenvalue weighted by Crippen LogP contribution is 2.34. The van der Waals surface area contributed by atoms with Gasteiger partial charge in [-0.05, 0) is 63.9 Å². The fraction of sp³-hybridized carbons (Fsp3) is 0.600. The Morgan fingerprint density at radius 3 is 2.42 bits per heavy atom. The van der Waals surface area contributed by atoms with Crippen LogP contribution in [0.4, 0.5) is 13.2 Å². The Balaban J connectivity index is 2.16. The van der Waals surface area contributed by atoms with Crippen molar-refractivity contribution in [3.05, 3.63) is 34.9 Å². The molecule has 1 saturated heterocycles. The van der Waals surface area contributed by atoms with Crippen LogP contribution in [0, 0.1) is 12.8 Å². The maximum absolute atomic E-state index is 13.0. The number of aryl methyl sites for hydroxylation is 1. The van der Waals surface area contributed by atoms with Gasteiger partial charge in [0.15, 0.2) is 0 Å². The first-order valence-electron chi connectivity index (χ1n) is 6.71.